The first kappa shape index (κ1) is 27.9. The summed E-state index contributed by atoms with van der Waals surface area (Å²) < 4.78 is 0. The molecule has 1 aromatic carbocycles. The molecular weight excluding hydrogens is 424 g/mol. The van der Waals surface area contributed by atoms with Gasteiger partial charge in [-0.05, 0) is 72.4 Å². The molecule has 0 saturated heterocycles. The topological polar surface area (TPSA) is 74.6 Å². The van der Waals surface area contributed by atoms with Crippen molar-refractivity contribution in [2.75, 3.05) is 0 Å². The third-order valence-corrected chi connectivity index (χ3v) is 7.12. The molecule has 1 aliphatic rings. The van der Waals surface area contributed by atoms with Crippen LogP contribution in [0.1, 0.15) is 126 Å². The van der Waals surface area contributed by atoms with Gasteiger partial charge in [-0.3, -0.25) is 0 Å². The maximum atomic E-state index is 10.9. The summed E-state index contributed by atoms with van der Waals surface area (Å²) in [6.07, 6.45) is 25.4. The molecule has 2 N–H and O–H groups in total. The summed E-state index contributed by atoms with van der Waals surface area (Å²) in [6, 6.07) is 5.95. The zero-order valence-corrected chi connectivity index (χ0v) is 21.0. The van der Waals surface area contributed by atoms with Gasteiger partial charge >= 0.3 is 11.9 Å². The van der Waals surface area contributed by atoms with Crippen molar-refractivity contribution in [1.29, 1.82) is 0 Å². The number of carboxylic acid groups (broad SMARTS) is 2. The number of hydrogen-bond donors (Lipinski definition) is 2. The molecule has 0 bridgehead atoms. The fourth-order valence-electron chi connectivity index (χ4n) is 5.17. The Bertz CT molecular complexity index is 758. The molecule has 0 atom stereocenters. The highest BCUT2D eigenvalue weighted by Gasteiger charge is 2.22. The van der Waals surface area contributed by atoms with E-state index in [0.717, 1.165) is 42.0 Å². The maximum Gasteiger partial charge on any atom is 0.328 e. The van der Waals surface area contributed by atoms with E-state index in [1.165, 1.54) is 89.0 Å². The zero-order valence-electron chi connectivity index (χ0n) is 21.0. The van der Waals surface area contributed by atoms with Crippen LogP contribution in [0.25, 0.3) is 12.2 Å². The predicted octanol–water partition coefficient (Wildman–Crippen LogP) is 8.47. The number of rotatable bonds is 16. The molecule has 188 valence electrons. The fraction of sp³-hybridized carbons (Fsp3) is 0.600. The van der Waals surface area contributed by atoms with E-state index in [1.54, 1.807) is 12.2 Å². The van der Waals surface area contributed by atoms with Gasteiger partial charge < -0.3 is 10.2 Å². The number of hydrogen-bond acceptors (Lipinski definition) is 2. The molecule has 0 heterocycles. The third-order valence-electron chi connectivity index (χ3n) is 7.12. The van der Waals surface area contributed by atoms with Crippen molar-refractivity contribution in [3.05, 3.63) is 47.0 Å². The van der Waals surface area contributed by atoms with Crippen molar-refractivity contribution in [3.63, 3.8) is 0 Å². The Kier molecular flexibility index (Phi) is 13.4. The van der Waals surface area contributed by atoms with Crippen LogP contribution in [0.15, 0.2) is 30.4 Å². The minimum atomic E-state index is -0.986. The van der Waals surface area contributed by atoms with Gasteiger partial charge in [0.1, 0.15) is 0 Å². The third kappa shape index (κ3) is 11.7. The van der Waals surface area contributed by atoms with E-state index in [-0.39, 0.29) is 0 Å². The first-order valence-corrected chi connectivity index (χ1v) is 13.4. The van der Waals surface area contributed by atoms with E-state index in [1.807, 2.05) is 6.07 Å². The molecule has 0 amide bonds. The molecule has 4 heteroatoms. The summed E-state index contributed by atoms with van der Waals surface area (Å²) in [5.74, 6) is -0.688. The van der Waals surface area contributed by atoms with Crippen molar-refractivity contribution in [1.82, 2.24) is 0 Å². The Morgan fingerprint density at radius 1 is 0.735 bits per heavy atom. The van der Waals surface area contributed by atoms with Crippen LogP contribution in [0.3, 0.4) is 0 Å². The quantitative estimate of drug-likeness (QED) is 0.188. The highest BCUT2D eigenvalue weighted by atomic mass is 16.4. The Morgan fingerprint density at radius 2 is 1.21 bits per heavy atom. The normalized spacial score (nSPS) is 18.6. The first-order valence-electron chi connectivity index (χ1n) is 13.4. The smallest absolute Gasteiger partial charge is 0.328 e. The molecule has 1 aromatic rings. The number of benzene rings is 1. The molecular formula is C30H44O4. The molecule has 0 aliphatic heterocycles. The lowest BCUT2D eigenvalue weighted by molar-refractivity contribution is -0.132. The Morgan fingerprint density at radius 3 is 1.68 bits per heavy atom. The zero-order chi connectivity index (χ0) is 24.6. The van der Waals surface area contributed by atoms with Gasteiger partial charge in [-0.15, -0.1) is 0 Å². The second-order valence-corrected chi connectivity index (χ2v) is 9.96. The van der Waals surface area contributed by atoms with Crippen LogP contribution in [0.4, 0.5) is 0 Å². The van der Waals surface area contributed by atoms with Crippen LogP contribution in [-0.4, -0.2) is 22.2 Å². The van der Waals surface area contributed by atoms with Gasteiger partial charge in [-0.1, -0.05) is 89.7 Å². The Balaban J connectivity index is 1.77. The molecule has 0 aromatic heterocycles. The van der Waals surface area contributed by atoms with Crippen LogP contribution in [-0.2, 0) is 9.59 Å². The van der Waals surface area contributed by atoms with Gasteiger partial charge in [-0.25, -0.2) is 9.59 Å². The van der Waals surface area contributed by atoms with Crippen LogP contribution < -0.4 is 0 Å². The highest BCUT2D eigenvalue weighted by Crippen LogP contribution is 2.38. The van der Waals surface area contributed by atoms with Gasteiger partial charge in [0.05, 0.1) is 0 Å². The number of carboxylic acids is 2. The number of unbranched alkanes of at least 4 members (excludes halogenated alkanes) is 9. The summed E-state index contributed by atoms with van der Waals surface area (Å²) in [4.78, 5) is 21.9. The molecule has 0 unspecified atom stereocenters. The summed E-state index contributed by atoms with van der Waals surface area (Å²) in [7, 11) is 0. The van der Waals surface area contributed by atoms with Crippen molar-refractivity contribution in [2.24, 2.45) is 5.92 Å². The van der Waals surface area contributed by atoms with E-state index >= 15 is 0 Å². The van der Waals surface area contributed by atoms with Crippen molar-refractivity contribution < 1.29 is 19.8 Å². The lowest BCUT2D eigenvalue weighted by Gasteiger charge is -2.29. The van der Waals surface area contributed by atoms with Crippen molar-refractivity contribution in [3.8, 4) is 0 Å². The van der Waals surface area contributed by atoms with E-state index in [4.69, 9.17) is 10.2 Å². The average Bonchev–Trinajstić information content (AvgIpc) is 2.83. The molecule has 1 aliphatic carbocycles. The summed E-state index contributed by atoms with van der Waals surface area (Å²) in [5.41, 5.74) is 2.80. The predicted molar refractivity (Wildman–Crippen MR) is 141 cm³/mol. The lowest BCUT2D eigenvalue weighted by atomic mass is 9.76. The molecule has 0 radical (unpaired) electrons. The number of carbonyl (C=O) groups is 2. The molecule has 1 fully saturated rings. The van der Waals surface area contributed by atoms with E-state index in [2.05, 4.69) is 19.1 Å². The molecule has 2 rings (SSSR count). The standard InChI is InChI=1S/C30H44O4/c1-2-3-4-5-6-7-8-9-10-11-12-24-13-17-27(18-14-24)28-22-25(15-19-29(31)32)21-26(23-28)16-20-30(33)34/h15-16,19-24,27H,2-14,17-18H2,1H3,(H,31,32)(H,33,34)/b19-15-,20-16?. The molecule has 34 heavy (non-hydrogen) atoms. The van der Waals surface area contributed by atoms with Crippen LogP contribution in [0.5, 0.6) is 0 Å². The van der Waals surface area contributed by atoms with Gasteiger partial charge in [-0.2, -0.15) is 0 Å². The summed E-state index contributed by atoms with van der Waals surface area (Å²) in [5, 5.41) is 17.9. The van der Waals surface area contributed by atoms with Crippen molar-refractivity contribution in [2.45, 2.75) is 109 Å². The first-order chi connectivity index (χ1) is 16.5. The Hall–Kier alpha value is -2.36. The molecule has 4 nitrogen and oxygen atoms in total. The SMILES string of the molecule is CCCCCCCCCCCCC1CCC(c2cc(C=CC(=O)O)cc(/C=C\C(=O)O)c2)CC1. The maximum absolute atomic E-state index is 10.9. The van der Waals surface area contributed by atoms with E-state index in [9.17, 15) is 9.59 Å². The molecule has 0 spiro atoms. The highest BCUT2D eigenvalue weighted by molar-refractivity contribution is 5.87. The van der Waals surface area contributed by atoms with Gasteiger partial charge in [0.2, 0.25) is 0 Å². The second-order valence-electron chi connectivity index (χ2n) is 9.96. The van der Waals surface area contributed by atoms with Gasteiger partial charge in [0, 0.05) is 12.2 Å². The minimum absolute atomic E-state index is 0.458. The van der Waals surface area contributed by atoms with Crippen LogP contribution in [0, 0.1) is 5.92 Å². The van der Waals surface area contributed by atoms with Gasteiger partial charge in [0.25, 0.3) is 0 Å². The number of aliphatic carboxylic acids is 2. The lowest BCUT2D eigenvalue weighted by Crippen LogP contribution is -2.13. The summed E-state index contributed by atoms with van der Waals surface area (Å²) >= 11 is 0. The Labute approximate surface area is 206 Å². The van der Waals surface area contributed by atoms with Crippen molar-refractivity contribution >= 4 is 24.1 Å². The largest absolute Gasteiger partial charge is 0.478 e. The second kappa shape index (κ2) is 16.3. The average molecular weight is 469 g/mol. The molecule has 1 saturated carbocycles. The van der Waals surface area contributed by atoms with E-state index < -0.39 is 11.9 Å². The fourth-order valence-corrected chi connectivity index (χ4v) is 5.17. The summed E-state index contributed by atoms with van der Waals surface area (Å²) in [6.45, 7) is 2.27. The van der Waals surface area contributed by atoms with Crippen LogP contribution >= 0.6 is 0 Å². The van der Waals surface area contributed by atoms with E-state index in [0.29, 0.717) is 5.92 Å². The van der Waals surface area contributed by atoms with Gasteiger partial charge in [0.15, 0.2) is 0 Å². The van der Waals surface area contributed by atoms with Crippen LogP contribution in [0.2, 0.25) is 0 Å². The monoisotopic (exact) mass is 468 g/mol. The minimum Gasteiger partial charge on any atom is -0.478 e.